The number of carbonyl (C=O) groups is 2. The van der Waals surface area contributed by atoms with Gasteiger partial charge in [0.2, 0.25) is 0 Å². The number of para-hydroxylation sites is 1. The summed E-state index contributed by atoms with van der Waals surface area (Å²) in [6, 6.07) is 6.98. The molecule has 4 rings (SSSR count). The van der Waals surface area contributed by atoms with Gasteiger partial charge < -0.3 is 19.6 Å². The number of fused-ring (bicyclic) bond motifs is 5. The molecule has 22 heavy (non-hydrogen) atoms. The van der Waals surface area contributed by atoms with Crippen LogP contribution in [-0.2, 0) is 9.59 Å². The van der Waals surface area contributed by atoms with Crippen LogP contribution in [0, 0.1) is 5.92 Å². The first kappa shape index (κ1) is 13.6. The maximum atomic E-state index is 12.3. The summed E-state index contributed by atoms with van der Waals surface area (Å²) in [5.74, 6) is -2.93. The fourth-order valence-corrected chi connectivity index (χ4v) is 5.34. The Bertz CT molecular complexity index is 855. The van der Waals surface area contributed by atoms with E-state index in [0.29, 0.717) is 15.7 Å². The molecule has 1 aromatic heterocycles. The molecule has 3 heterocycles. The normalized spacial score (nSPS) is 25.6. The van der Waals surface area contributed by atoms with E-state index >= 15 is 0 Å². The van der Waals surface area contributed by atoms with E-state index in [1.807, 2.05) is 0 Å². The van der Waals surface area contributed by atoms with Gasteiger partial charge in [-0.05, 0) is 6.07 Å². The van der Waals surface area contributed by atoms with Crippen LogP contribution in [0.1, 0.15) is 16.4 Å². The average molecular weight is 334 g/mol. The molecule has 1 N–H and O–H groups in total. The number of H-pyrrole nitrogens is 1. The Labute approximate surface area is 132 Å². The number of aromatic amines is 1. The van der Waals surface area contributed by atoms with Gasteiger partial charge in [-0.15, -0.1) is 0 Å². The van der Waals surface area contributed by atoms with Crippen molar-refractivity contribution in [2.45, 2.75) is 16.2 Å². The monoisotopic (exact) mass is 334 g/mol. The van der Waals surface area contributed by atoms with Gasteiger partial charge in [0.25, 0.3) is 0 Å². The first-order chi connectivity index (χ1) is 10.6. The van der Waals surface area contributed by atoms with Crippen LogP contribution in [0.5, 0.6) is 5.75 Å². The molecule has 2 aliphatic rings. The van der Waals surface area contributed by atoms with Crippen LogP contribution in [0.25, 0.3) is 0 Å². The third kappa shape index (κ3) is 1.84. The van der Waals surface area contributed by atoms with Gasteiger partial charge in [-0.2, -0.15) is 0 Å². The van der Waals surface area contributed by atoms with Crippen molar-refractivity contribution >= 4 is 35.0 Å². The van der Waals surface area contributed by atoms with Crippen molar-refractivity contribution in [3.05, 3.63) is 44.4 Å². The Morgan fingerprint density at radius 2 is 2.05 bits per heavy atom. The number of carbonyl (C=O) groups excluding carboxylic acids is 2. The van der Waals surface area contributed by atoms with Crippen LogP contribution < -0.4 is 14.7 Å². The van der Waals surface area contributed by atoms with Crippen molar-refractivity contribution in [2.75, 3.05) is 0 Å². The zero-order chi connectivity index (χ0) is 15.4. The number of carboxylic acid groups (broad SMARTS) is 1. The number of carboxylic acids is 1. The summed E-state index contributed by atoms with van der Waals surface area (Å²) >= 11 is 1.94. The van der Waals surface area contributed by atoms with Crippen LogP contribution in [0.4, 0.5) is 0 Å². The summed E-state index contributed by atoms with van der Waals surface area (Å²) in [5.41, 5.74) is 0.718. The van der Waals surface area contributed by atoms with Gasteiger partial charge in [-0.1, -0.05) is 41.3 Å². The van der Waals surface area contributed by atoms with E-state index in [1.165, 1.54) is 0 Å². The minimum atomic E-state index is -1.34. The second-order valence-corrected chi connectivity index (χ2v) is 7.19. The minimum Gasteiger partial charge on any atom is -0.549 e. The predicted octanol–water partition coefficient (Wildman–Crippen LogP) is 0.328. The third-order valence-electron chi connectivity index (χ3n) is 3.82. The molecular formula is C14H8NO5S2-. The standard InChI is InChI=1S/C14H9NO5S2/c16-12(17)10-8-7(9-11(21-10)15-14(19)22-9)5-3-1-2-4-6(5)20-13(8)18/h1-4,7-8,10H,(H,15,19)(H,16,17)/p-1/t7-,8+,10+/m0/s1. The summed E-state index contributed by atoms with van der Waals surface area (Å²) in [6.45, 7) is 0. The molecule has 0 saturated carbocycles. The minimum absolute atomic E-state index is 0.272. The molecular weight excluding hydrogens is 326 g/mol. The first-order valence-corrected chi connectivity index (χ1v) is 8.17. The van der Waals surface area contributed by atoms with Crippen LogP contribution in [0.2, 0.25) is 0 Å². The highest BCUT2D eigenvalue weighted by Crippen LogP contribution is 2.53. The Balaban J connectivity index is 1.99. The highest BCUT2D eigenvalue weighted by atomic mass is 32.2. The Morgan fingerprint density at radius 1 is 1.27 bits per heavy atom. The van der Waals surface area contributed by atoms with Crippen molar-refractivity contribution in [1.29, 1.82) is 0 Å². The molecule has 112 valence electrons. The lowest BCUT2D eigenvalue weighted by Crippen LogP contribution is -2.48. The maximum absolute atomic E-state index is 12.3. The molecule has 3 atom stereocenters. The quantitative estimate of drug-likeness (QED) is 0.596. The van der Waals surface area contributed by atoms with Crippen molar-refractivity contribution in [1.82, 2.24) is 4.98 Å². The van der Waals surface area contributed by atoms with Gasteiger partial charge in [0, 0.05) is 16.4 Å². The lowest BCUT2D eigenvalue weighted by Gasteiger charge is -2.39. The zero-order valence-electron chi connectivity index (χ0n) is 10.9. The number of benzene rings is 1. The largest absolute Gasteiger partial charge is 0.549 e. The second-order valence-electron chi connectivity index (χ2n) is 5.03. The molecule has 0 radical (unpaired) electrons. The number of aliphatic carboxylic acids is 1. The highest BCUT2D eigenvalue weighted by Gasteiger charge is 2.49. The molecule has 0 amide bonds. The summed E-state index contributed by atoms with van der Waals surface area (Å²) in [4.78, 5) is 38.5. The highest BCUT2D eigenvalue weighted by molar-refractivity contribution is 8.00. The number of ether oxygens (including phenoxy) is 1. The molecule has 0 aliphatic carbocycles. The number of hydrogen-bond acceptors (Lipinski definition) is 7. The smallest absolute Gasteiger partial charge is 0.316 e. The molecule has 2 aliphatic heterocycles. The maximum Gasteiger partial charge on any atom is 0.316 e. The lowest BCUT2D eigenvalue weighted by molar-refractivity contribution is -0.306. The molecule has 0 bridgehead atoms. The van der Waals surface area contributed by atoms with Crippen molar-refractivity contribution in [2.24, 2.45) is 5.92 Å². The Morgan fingerprint density at radius 3 is 2.82 bits per heavy atom. The van der Waals surface area contributed by atoms with Gasteiger partial charge >= 0.3 is 10.8 Å². The number of thiazole rings is 1. The van der Waals surface area contributed by atoms with Gasteiger partial charge in [-0.3, -0.25) is 9.59 Å². The summed E-state index contributed by atoms with van der Waals surface area (Å²) < 4.78 is 5.28. The molecule has 0 unspecified atom stereocenters. The average Bonchev–Trinajstić information content (AvgIpc) is 2.86. The van der Waals surface area contributed by atoms with Crippen LogP contribution >= 0.6 is 23.1 Å². The van der Waals surface area contributed by atoms with E-state index in [0.717, 1.165) is 28.7 Å². The number of esters is 1. The predicted molar refractivity (Wildman–Crippen MR) is 77.0 cm³/mol. The van der Waals surface area contributed by atoms with E-state index in [9.17, 15) is 19.5 Å². The lowest BCUT2D eigenvalue weighted by atomic mass is 9.80. The van der Waals surface area contributed by atoms with E-state index in [-0.39, 0.29) is 4.87 Å². The topological polar surface area (TPSA) is 99.3 Å². The molecule has 6 nitrogen and oxygen atoms in total. The molecule has 0 spiro atoms. The first-order valence-electron chi connectivity index (χ1n) is 6.47. The van der Waals surface area contributed by atoms with E-state index in [1.54, 1.807) is 24.3 Å². The number of hydrogen-bond donors (Lipinski definition) is 1. The summed E-state index contributed by atoms with van der Waals surface area (Å²) in [6.07, 6.45) is 0. The third-order valence-corrected chi connectivity index (χ3v) is 6.22. The van der Waals surface area contributed by atoms with Gasteiger partial charge in [0.15, 0.2) is 0 Å². The Kier molecular flexibility index (Phi) is 2.92. The van der Waals surface area contributed by atoms with Crippen LogP contribution in [-0.4, -0.2) is 22.2 Å². The summed E-state index contributed by atoms with van der Waals surface area (Å²) in [5, 5.41) is 10.9. The van der Waals surface area contributed by atoms with Crippen LogP contribution in [0.15, 0.2) is 34.1 Å². The number of aromatic nitrogens is 1. The molecule has 0 fully saturated rings. The van der Waals surface area contributed by atoms with Gasteiger partial charge in [-0.25, -0.2) is 0 Å². The van der Waals surface area contributed by atoms with E-state index in [4.69, 9.17) is 4.74 Å². The van der Waals surface area contributed by atoms with Crippen molar-refractivity contribution in [3.8, 4) is 5.75 Å². The van der Waals surface area contributed by atoms with Crippen molar-refractivity contribution in [3.63, 3.8) is 0 Å². The number of thioether (sulfide) groups is 1. The number of rotatable bonds is 1. The SMILES string of the molecule is O=C1Oc2ccccc2[C@@H]2c3sc(=O)[nH]c3S[C@@H](C(=O)[O-])[C@H]12. The molecule has 8 heteroatoms. The van der Waals surface area contributed by atoms with Crippen LogP contribution in [0.3, 0.4) is 0 Å². The van der Waals surface area contributed by atoms with E-state index < -0.39 is 29.0 Å². The fourth-order valence-electron chi connectivity index (χ4n) is 2.95. The van der Waals surface area contributed by atoms with Gasteiger partial charge in [0.05, 0.1) is 22.2 Å². The molecule has 2 aromatic rings. The Hall–Kier alpha value is -2.06. The summed E-state index contributed by atoms with van der Waals surface area (Å²) in [7, 11) is 0. The van der Waals surface area contributed by atoms with E-state index in [2.05, 4.69) is 4.98 Å². The fraction of sp³-hybridized carbons (Fsp3) is 0.214. The van der Waals surface area contributed by atoms with Crippen molar-refractivity contribution < 1.29 is 19.4 Å². The second kappa shape index (κ2) is 4.72. The zero-order valence-corrected chi connectivity index (χ0v) is 12.5. The molecule has 0 saturated heterocycles. The number of nitrogens with one attached hydrogen (secondary N) is 1. The van der Waals surface area contributed by atoms with Gasteiger partial charge in [0.1, 0.15) is 5.75 Å². The molecule has 1 aromatic carbocycles.